The van der Waals surface area contributed by atoms with Crippen molar-refractivity contribution >= 4 is 11.6 Å². The van der Waals surface area contributed by atoms with Crippen molar-refractivity contribution in [3.8, 4) is 11.5 Å². The van der Waals surface area contributed by atoms with Crippen molar-refractivity contribution < 1.29 is 19.0 Å². The minimum Gasteiger partial charge on any atom is -0.492 e. The Morgan fingerprint density at radius 2 is 2.04 bits per heavy atom. The maximum absolute atomic E-state index is 12.7. The summed E-state index contributed by atoms with van der Waals surface area (Å²) in [6.45, 7) is 6.05. The molecule has 27 heavy (non-hydrogen) atoms. The van der Waals surface area contributed by atoms with Crippen LogP contribution in [-0.4, -0.2) is 31.8 Å². The fraction of sp³-hybridized carbons (Fsp3) is 0.409. The first-order chi connectivity index (χ1) is 13.1. The van der Waals surface area contributed by atoms with Gasteiger partial charge in [-0.05, 0) is 43.0 Å². The van der Waals surface area contributed by atoms with Gasteiger partial charge in [0.2, 0.25) is 0 Å². The van der Waals surface area contributed by atoms with Crippen LogP contribution in [0.15, 0.2) is 48.5 Å². The van der Waals surface area contributed by atoms with Gasteiger partial charge in [-0.1, -0.05) is 32.0 Å². The summed E-state index contributed by atoms with van der Waals surface area (Å²) in [5, 5.41) is 2.92. The van der Waals surface area contributed by atoms with Crippen molar-refractivity contribution in [3.63, 3.8) is 0 Å². The highest BCUT2D eigenvalue weighted by molar-refractivity contribution is 6.06. The van der Waals surface area contributed by atoms with Gasteiger partial charge < -0.3 is 19.5 Å². The van der Waals surface area contributed by atoms with E-state index in [0.29, 0.717) is 41.9 Å². The van der Waals surface area contributed by atoms with E-state index in [4.69, 9.17) is 14.2 Å². The van der Waals surface area contributed by atoms with Crippen LogP contribution in [0.2, 0.25) is 0 Å². The summed E-state index contributed by atoms with van der Waals surface area (Å²) in [6, 6.07) is 14.7. The van der Waals surface area contributed by atoms with Gasteiger partial charge in [-0.25, -0.2) is 0 Å². The molecule has 1 atom stereocenters. The lowest BCUT2D eigenvalue weighted by molar-refractivity contribution is 0.0680. The van der Waals surface area contributed by atoms with Crippen molar-refractivity contribution in [1.29, 1.82) is 0 Å². The zero-order valence-electron chi connectivity index (χ0n) is 15.9. The van der Waals surface area contributed by atoms with E-state index in [-0.39, 0.29) is 12.0 Å². The van der Waals surface area contributed by atoms with E-state index in [1.807, 2.05) is 42.5 Å². The van der Waals surface area contributed by atoms with Crippen molar-refractivity contribution in [2.75, 3.05) is 25.1 Å². The molecule has 5 heteroatoms. The summed E-state index contributed by atoms with van der Waals surface area (Å²) in [4.78, 5) is 12.7. The number of para-hydroxylation sites is 1. The van der Waals surface area contributed by atoms with Gasteiger partial charge in [0, 0.05) is 18.4 Å². The molecule has 5 nitrogen and oxygen atoms in total. The first kappa shape index (κ1) is 19.2. The van der Waals surface area contributed by atoms with Crippen LogP contribution in [0.25, 0.3) is 0 Å². The molecule has 2 aromatic carbocycles. The monoisotopic (exact) mass is 369 g/mol. The molecule has 0 saturated carbocycles. The van der Waals surface area contributed by atoms with Crippen LogP contribution in [0, 0.1) is 5.92 Å². The number of nitrogens with one attached hydrogen (secondary N) is 1. The minimum absolute atomic E-state index is 0.160. The Bertz CT molecular complexity index is 753. The Morgan fingerprint density at radius 3 is 2.81 bits per heavy atom. The van der Waals surface area contributed by atoms with Gasteiger partial charge in [0.15, 0.2) is 0 Å². The van der Waals surface area contributed by atoms with Crippen molar-refractivity contribution in [2.45, 2.75) is 32.8 Å². The smallest absolute Gasteiger partial charge is 0.259 e. The van der Waals surface area contributed by atoms with Gasteiger partial charge in [-0.3, -0.25) is 4.79 Å². The predicted molar refractivity (Wildman–Crippen MR) is 106 cm³/mol. The Balaban J connectivity index is 1.63. The fourth-order valence-corrected chi connectivity index (χ4v) is 2.86. The standard InChI is InChI=1S/C22H27NO4/c1-16(2)14-27-21-11-4-3-10-20(21)22(24)23-17-7-5-8-18(13-17)26-15-19-9-6-12-25-19/h3-5,7-8,10-11,13,16,19H,6,9,12,14-15H2,1-2H3,(H,23,24). The third-order valence-electron chi connectivity index (χ3n) is 4.26. The highest BCUT2D eigenvalue weighted by Crippen LogP contribution is 2.23. The summed E-state index contributed by atoms with van der Waals surface area (Å²) in [6.07, 6.45) is 2.28. The molecule has 2 aromatic rings. The summed E-state index contributed by atoms with van der Waals surface area (Å²) in [5.74, 6) is 1.49. The summed E-state index contributed by atoms with van der Waals surface area (Å²) in [7, 11) is 0. The van der Waals surface area contributed by atoms with E-state index in [1.165, 1.54) is 0 Å². The van der Waals surface area contributed by atoms with Gasteiger partial charge in [0.25, 0.3) is 5.91 Å². The lowest BCUT2D eigenvalue weighted by Gasteiger charge is -2.14. The molecule has 1 fully saturated rings. The third kappa shape index (κ3) is 5.73. The summed E-state index contributed by atoms with van der Waals surface area (Å²) in [5.41, 5.74) is 1.20. The first-order valence-corrected chi connectivity index (χ1v) is 9.49. The SMILES string of the molecule is CC(C)COc1ccccc1C(=O)Nc1cccc(OCC2CCCO2)c1. The quantitative estimate of drug-likeness (QED) is 0.743. The molecule has 0 aromatic heterocycles. The summed E-state index contributed by atoms with van der Waals surface area (Å²) < 4.78 is 17.2. The molecule has 0 bridgehead atoms. The number of hydrogen-bond acceptors (Lipinski definition) is 4. The van der Waals surface area contributed by atoms with Crippen LogP contribution in [0.4, 0.5) is 5.69 Å². The number of carbonyl (C=O) groups excluding carboxylic acids is 1. The van der Waals surface area contributed by atoms with Gasteiger partial charge in [-0.2, -0.15) is 0 Å². The molecule has 1 unspecified atom stereocenters. The van der Waals surface area contributed by atoms with Gasteiger partial charge in [0.05, 0.1) is 18.3 Å². The topological polar surface area (TPSA) is 56.8 Å². The molecule has 3 rings (SSSR count). The van der Waals surface area contributed by atoms with Crippen molar-refractivity contribution in [2.24, 2.45) is 5.92 Å². The van der Waals surface area contributed by atoms with Crippen molar-refractivity contribution in [1.82, 2.24) is 0 Å². The summed E-state index contributed by atoms with van der Waals surface area (Å²) >= 11 is 0. The van der Waals surface area contributed by atoms with E-state index < -0.39 is 0 Å². The molecule has 0 radical (unpaired) electrons. The second kappa shape index (κ2) is 9.42. The predicted octanol–water partition coefficient (Wildman–Crippen LogP) is 4.53. The zero-order chi connectivity index (χ0) is 19.1. The fourth-order valence-electron chi connectivity index (χ4n) is 2.86. The molecule has 1 N–H and O–H groups in total. The first-order valence-electron chi connectivity index (χ1n) is 9.49. The van der Waals surface area contributed by atoms with E-state index in [2.05, 4.69) is 19.2 Å². The molecule has 1 aliphatic rings. The maximum Gasteiger partial charge on any atom is 0.259 e. The largest absolute Gasteiger partial charge is 0.492 e. The van der Waals surface area contributed by atoms with Crippen LogP contribution in [0.1, 0.15) is 37.0 Å². The zero-order valence-corrected chi connectivity index (χ0v) is 15.9. The van der Waals surface area contributed by atoms with Crippen molar-refractivity contribution in [3.05, 3.63) is 54.1 Å². The van der Waals surface area contributed by atoms with E-state index in [1.54, 1.807) is 6.07 Å². The second-order valence-corrected chi connectivity index (χ2v) is 7.13. The van der Waals surface area contributed by atoms with Gasteiger partial charge >= 0.3 is 0 Å². The average molecular weight is 369 g/mol. The lowest BCUT2D eigenvalue weighted by atomic mass is 10.1. The van der Waals surface area contributed by atoms with Gasteiger partial charge in [0.1, 0.15) is 18.1 Å². The molecular formula is C22H27NO4. The normalized spacial score (nSPS) is 16.3. The van der Waals surface area contributed by atoms with E-state index in [0.717, 1.165) is 19.4 Å². The second-order valence-electron chi connectivity index (χ2n) is 7.13. The number of amides is 1. The average Bonchev–Trinajstić information content (AvgIpc) is 3.19. The number of hydrogen-bond donors (Lipinski definition) is 1. The molecule has 0 spiro atoms. The van der Waals surface area contributed by atoms with Crippen LogP contribution in [-0.2, 0) is 4.74 Å². The molecular weight excluding hydrogens is 342 g/mol. The maximum atomic E-state index is 12.7. The van der Waals surface area contributed by atoms with E-state index in [9.17, 15) is 4.79 Å². The van der Waals surface area contributed by atoms with E-state index >= 15 is 0 Å². The molecule has 1 heterocycles. The third-order valence-corrected chi connectivity index (χ3v) is 4.26. The van der Waals surface area contributed by atoms with Gasteiger partial charge in [-0.15, -0.1) is 0 Å². The van der Waals surface area contributed by atoms with Crippen LogP contribution < -0.4 is 14.8 Å². The number of rotatable bonds is 8. The molecule has 1 aliphatic heterocycles. The Hall–Kier alpha value is -2.53. The molecule has 1 amide bonds. The number of anilines is 1. The number of ether oxygens (including phenoxy) is 3. The highest BCUT2D eigenvalue weighted by Gasteiger charge is 2.16. The Labute approximate surface area is 160 Å². The minimum atomic E-state index is -0.203. The molecule has 0 aliphatic carbocycles. The lowest BCUT2D eigenvalue weighted by Crippen LogP contribution is -2.17. The molecule has 144 valence electrons. The number of benzene rings is 2. The Kier molecular flexibility index (Phi) is 6.71. The van der Waals surface area contributed by atoms with Crippen LogP contribution >= 0.6 is 0 Å². The molecule has 1 saturated heterocycles. The Morgan fingerprint density at radius 1 is 1.19 bits per heavy atom. The van der Waals surface area contributed by atoms with Crippen LogP contribution in [0.3, 0.4) is 0 Å². The highest BCUT2D eigenvalue weighted by atomic mass is 16.5. The number of carbonyl (C=O) groups is 1. The van der Waals surface area contributed by atoms with Crippen LogP contribution in [0.5, 0.6) is 11.5 Å².